The van der Waals surface area contributed by atoms with Crippen LogP contribution in [0.3, 0.4) is 0 Å². The van der Waals surface area contributed by atoms with Crippen molar-refractivity contribution in [3.8, 4) is 0 Å². The van der Waals surface area contributed by atoms with Crippen LogP contribution in [0.25, 0.3) is 10.9 Å². The summed E-state index contributed by atoms with van der Waals surface area (Å²) in [5, 5.41) is 13.8. The van der Waals surface area contributed by atoms with Crippen molar-refractivity contribution in [3.05, 3.63) is 28.9 Å². The van der Waals surface area contributed by atoms with Crippen LogP contribution in [0.4, 0.5) is 11.4 Å². The molecule has 0 aliphatic rings. The molecule has 19 heavy (non-hydrogen) atoms. The van der Waals surface area contributed by atoms with Gasteiger partial charge in [0.1, 0.15) is 0 Å². The monoisotopic (exact) mass is 323 g/mol. The molecule has 1 atom stereocenters. The summed E-state index contributed by atoms with van der Waals surface area (Å²) < 4.78 is 0.893. The molecule has 5 heteroatoms. The Kier molecular flexibility index (Phi) is 3.96. The van der Waals surface area contributed by atoms with Crippen molar-refractivity contribution in [3.63, 3.8) is 0 Å². The van der Waals surface area contributed by atoms with Crippen LogP contribution in [0, 0.1) is 0 Å². The van der Waals surface area contributed by atoms with E-state index < -0.39 is 0 Å². The number of nitrogen functional groups attached to an aromatic ring is 1. The summed E-state index contributed by atoms with van der Waals surface area (Å²) in [5.41, 5.74) is 8.01. The molecule has 1 aromatic carbocycles. The van der Waals surface area contributed by atoms with E-state index in [2.05, 4.69) is 26.2 Å². The second-order valence-electron chi connectivity index (χ2n) is 4.95. The summed E-state index contributed by atoms with van der Waals surface area (Å²) in [4.78, 5) is 4.42. The van der Waals surface area contributed by atoms with E-state index in [1.165, 1.54) is 0 Å². The fourth-order valence-corrected chi connectivity index (χ4v) is 2.21. The van der Waals surface area contributed by atoms with Gasteiger partial charge in [-0.05, 0) is 47.5 Å². The Bertz CT molecular complexity index is 597. The number of aliphatic hydroxyl groups is 1. The van der Waals surface area contributed by atoms with E-state index in [1.807, 2.05) is 32.0 Å². The highest BCUT2D eigenvalue weighted by Gasteiger charge is 2.21. The number of nitrogens with one attached hydrogen (secondary N) is 1. The molecule has 2 rings (SSSR count). The molecule has 0 saturated carbocycles. The number of aliphatic hydroxyl groups excluding tert-OH is 1. The summed E-state index contributed by atoms with van der Waals surface area (Å²) in [6.07, 6.45) is 2.56. The van der Waals surface area contributed by atoms with Gasteiger partial charge in [-0.3, -0.25) is 4.98 Å². The highest BCUT2D eigenvalue weighted by Crippen LogP contribution is 2.30. The lowest BCUT2D eigenvalue weighted by Gasteiger charge is -2.29. The molecule has 0 saturated heterocycles. The first-order valence-electron chi connectivity index (χ1n) is 6.22. The van der Waals surface area contributed by atoms with Gasteiger partial charge in [0, 0.05) is 21.7 Å². The molecular formula is C14H18BrN3O. The first-order valence-corrected chi connectivity index (χ1v) is 7.01. The van der Waals surface area contributed by atoms with E-state index in [9.17, 15) is 5.11 Å². The van der Waals surface area contributed by atoms with Crippen LogP contribution in [0.1, 0.15) is 20.3 Å². The lowest BCUT2D eigenvalue weighted by Crippen LogP contribution is -2.38. The van der Waals surface area contributed by atoms with E-state index in [0.29, 0.717) is 5.69 Å². The highest BCUT2D eigenvalue weighted by molar-refractivity contribution is 9.10. The fraction of sp³-hybridized carbons (Fsp3) is 0.357. The Morgan fingerprint density at radius 1 is 1.47 bits per heavy atom. The van der Waals surface area contributed by atoms with Gasteiger partial charge in [0.05, 0.1) is 23.3 Å². The Balaban J connectivity index is 2.53. The maximum atomic E-state index is 9.50. The van der Waals surface area contributed by atoms with Crippen molar-refractivity contribution in [1.29, 1.82) is 0 Å². The fourth-order valence-electron chi connectivity index (χ4n) is 1.88. The molecule has 0 amide bonds. The van der Waals surface area contributed by atoms with Crippen molar-refractivity contribution in [1.82, 2.24) is 4.98 Å². The number of hydrogen-bond donors (Lipinski definition) is 3. The second-order valence-corrected chi connectivity index (χ2v) is 5.87. The van der Waals surface area contributed by atoms with Crippen molar-refractivity contribution >= 4 is 38.2 Å². The summed E-state index contributed by atoms with van der Waals surface area (Å²) in [5.74, 6) is 0. The number of halogens is 1. The van der Waals surface area contributed by atoms with Gasteiger partial charge < -0.3 is 16.2 Å². The van der Waals surface area contributed by atoms with Crippen molar-refractivity contribution in [2.75, 3.05) is 17.7 Å². The van der Waals surface area contributed by atoms with Crippen LogP contribution >= 0.6 is 15.9 Å². The van der Waals surface area contributed by atoms with E-state index in [4.69, 9.17) is 5.73 Å². The molecule has 102 valence electrons. The molecule has 4 N–H and O–H groups in total. The standard InChI is InChI=1S/C14H18BrN3O/c1-3-14(2,8-19)18-12-5-4-11(16)10-6-9(15)7-17-13(10)12/h4-7,18-19H,3,8,16H2,1-2H3. The number of fused-ring (bicyclic) bond motifs is 1. The number of pyridine rings is 1. The third-order valence-corrected chi connectivity index (χ3v) is 3.85. The summed E-state index contributed by atoms with van der Waals surface area (Å²) in [6.45, 7) is 4.08. The Labute approximate surface area is 121 Å². The van der Waals surface area contributed by atoms with Gasteiger partial charge >= 0.3 is 0 Å². The van der Waals surface area contributed by atoms with Gasteiger partial charge in [-0.15, -0.1) is 0 Å². The normalized spacial score (nSPS) is 14.3. The third kappa shape index (κ3) is 2.82. The molecule has 0 spiro atoms. The SMILES string of the molecule is CCC(C)(CO)Nc1ccc(N)c2cc(Br)cnc12. The van der Waals surface area contributed by atoms with E-state index in [1.54, 1.807) is 6.20 Å². The summed E-state index contributed by atoms with van der Waals surface area (Å²) in [6, 6.07) is 5.71. The van der Waals surface area contributed by atoms with Crippen LogP contribution in [0.15, 0.2) is 28.9 Å². The predicted molar refractivity (Wildman–Crippen MR) is 83.3 cm³/mol. The van der Waals surface area contributed by atoms with Crippen LogP contribution in [-0.2, 0) is 0 Å². The van der Waals surface area contributed by atoms with Gasteiger partial charge in [0.15, 0.2) is 0 Å². The molecule has 0 aliphatic carbocycles. The van der Waals surface area contributed by atoms with Gasteiger partial charge in [0.2, 0.25) is 0 Å². The van der Waals surface area contributed by atoms with E-state index >= 15 is 0 Å². The third-order valence-electron chi connectivity index (χ3n) is 3.42. The van der Waals surface area contributed by atoms with Crippen LogP contribution < -0.4 is 11.1 Å². The van der Waals surface area contributed by atoms with Gasteiger partial charge in [0.25, 0.3) is 0 Å². The first kappa shape index (κ1) is 14.1. The molecule has 0 bridgehead atoms. The zero-order valence-corrected chi connectivity index (χ0v) is 12.7. The molecule has 4 nitrogen and oxygen atoms in total. The predicted octanol–water partition coefficient (Wildman–Crippen LogP) is 3.15. The molecule has 1 aromatic heterocycles. The highest BCUT2D eigenvalue weighted by atomic mass is 79.9. The molecule has 1 unspecified atom stereocenters. The van der Waals surface area contributed by atoms with Crippen LogP contribution in [-0.4, -0.2) is 22.2 Å². The Morgan fingerprint density at radius 3 is 2.84 bits per heavy atom. The van der Waals surface area contributed by atoms with Gasteiger partial charge in [-0.1, -0.05) is 6.92 Å². The lowest BCUT2D eigenvalue weighted by molar-refractivity contribution is 0.219. The summed E-state index contributed by atoms with van der Waals surface area (Å²) >= 11 is 3.40. The summed E-state index contributed by atoms with van der Waals surface area (Å²) in [7, 11) is 0. The maximum absolute atomic E-state index is 9.50. The Morgan fingerprint density at radius 2 is 2.21 bits per heavy atom. The van der Waals surface area contributed by atoms with E-state index in [0.717, 1.165) is 27.5 Å². The number of nitrogens with zero attached hydrogens (tertiary/aromatic N) is 1. The van der Waals surface area contributed by atoms with Crippen molar-refractivity contribution < 1.29 is 5.11 Å². The number of anilines is 2. The van der Waals surface area contributed by atoms with Gasteiger partial charge in [-0.25, -0.2) is 0 Å². The van der Waals surface area contributed by atoms with Crippen molar-refractivity contribution in [2.45, 2.75) is 25.8 Å². The number of nitrogens with two attached hydrogens (primary N) is 1. The minimum absolute atomic E-state index is 0.0614. The first-order chi connectivity index (χ1) is 8.99. The Hall–Kier alpha value is -1.33. The quantitative estimate of drug-likeness (QED) is 0.756. The van der Waals surface area contributed by atoms with Gasteiger partial charge in [-0.2, -0.15) is 0 Å². The van der Waals surface area contributed by atoms with Crippen LogP contribution in [0.5, 0.6) is 0 Å². The number of hydrogen-bond acceptors (Lipinski definition) is 4. The zero-order valence-electron chi connectivity index (χ0n) is 11.1. The molecule has 0 aliphatic heterocycles. The molecular weight excluding hydrogens is 306 g/mol. The lowest BCUT2D eigenvalue weighted by atomic mass is 9.99. The molecule has 2 aromatic rings. The van der Waals surface area contributed by atoms with E-state index in [-0.39, 0.29) is 12.1 Å². The minimum atomic E-state index is -0.363. The largest absolute Gasteiger partial charge is 0.398 e. The smallest absolute Gasteiger partial charge is 0.0954 e. The topological polar surface area (TPSA) is 71.2 Å². The second kappa shape index (κ2) is 5.35. The van der Waals surface area contributed by atoms with Crippen LogP contribution in [0.2, 0.25) is 0 Å². The average molecular weight is 324 g/mol. The van der Waals surface area contributed by atoms with Crippen molar-refractivity contribution in [2.24, 2.45) is 0 Å². The molecule has 1 heterocycles. The molecule has 0 radical (unpaired) electrons. The minimum Gasteiger partial charge on any atom is -0.398 e. The number of aromatic nitrogens is 1. The molecule has 0 fully saturated rings. The zero-order chi connectivity index (χ0) is 14.0. The number of rotatable bonds is 4. The average Bonchev–Trinajstić information content (AvgIpc) is 2.42. The maximum Gasteiger partial charge on any atom is 0.0954 e. The number of benzene rings is 1.